The molecule has 4 rings (SSSR count). The van der Waals surface area contributed by atoms with Crippen LogP contribution in [0.1, 0.15) is 11.1 Å². The van der Waals surface area contributed by atoms with Crippen LogP contribution in [-0.2, 0) is 6.18 Å². The number of carbonyl (C=O) groups is 1. The Hall–Kier alpha value is -4.18. The summed E-state index contributed by atoms with van der Waals surface area (Å²) < 4.78 is 39.2. The van der Waals surface area contributed by atoms with Gasteiger partial charge in [-0.2, -0.15) is 13.2 Å². The summed E-state index contributed by atoms with van der Waals surface area (Å²) in [5.74, 6) is 0.344. The second-order valence-electron chi connectivity index (χ2n) is 7.43. The second kappa shape index (κ2) is 9.98. The molecular weight excluding hydrogens is 481 g/mol. The van der Waals surface area contributed by atoms with Crippen molar-refractivity contribution < 1.29 is 18.0 Å². The SMILES string of the molecule is Cc1ccc(NC(=O)Nc2ccc(Cl)c(C(F)(F)F)c2)cc1Nc1nccc(-c2cccnc2)n1. The lowest BCUT2D eigenvalue weighted by atomic mass is 10.1. The number of nitrogens with one attached hydrogen (secondary N) is 3. The van der Waals surface area contributed by atoms with Crippen molar-refractivity contribution in [1.82, 2.24) is 15.0 Å². The minimum Gasteiger partial charge on any atom is -0.324 e. The number of aromatic nitrogens is 3. The molecule has 4 aromatic rings. The zero-order valence-corrected chi connectivity index (χ0v) is 18.9. The average molecular weight is 499 g/mol. The molecule has 0 spiro atoms. The minimum atomic E-state index is -4.64. The first-order valence-corrected chi connectivity index (χ1v) is 10.6. The molecule has 0 unspecified atom stereocenters. The maximum Gasteiger partial charge on any atom is 0.417 e. The van der Waals surface area contributed by atoms with Crippen molar-refractivity contribution in [1.29, 1.82) is 0 Å². The van der Waals surface area contributed by atoms with Gasteiger partial charge in [-0.25, -0.2) is 14.8 Å². The summed E-state index contributed by atoms with van der Waals surface area (Å²) in [6, 6.07) is 13.0. The molecule has 0 saturated carbocycles. The number of urea groups is 1. The topological polar surface area (TPSA) is 91.8 Å². The van der Waals surface area contributed by atoms with E-state index in [0.717, 1.165) is 23.3 Å². The maximum absolute atomic E-state index is 13.1. The number of pyridine rings is 1. The number of hydrogen-bond donors (Lipinski definition) is 3. The Morgan fingerprint density at radius 2 is 1.71 bits per heavy atom. The predicted octanol–water partition coefficient (Wildman–Crippen LogP) is 6.91. The number of anilines is 4. The highest BCUT2D eigenvalue weighted by Crippen LogP contribution is 2.36. The van der Waals surface area contributed by atoms with Crippen molar-refractivity contribution in [3.8, 4) is 11.3 Å². The first kappa shape index (κ1) is 24.0. The summed E-state index contributed by atoms with van der Waals surface area (Å²) in [4.78, 5) is 25.2. The van der Waals surface area contributed by atoms with Crippen molar-refractivity contribution in [3.63, 3.8) is 0 Å². The Bertz CT molecular complexity index is 1370. The average Bonchev–Trinajstić information content (AvgIpc) is 2.82. The molecule has 0 saturated heterocycles. The molecule has 0 bridgehead atoms. The quantitative estimate of drug-likeness (QED) is 0.278. The Labute approximate surface area is 203 Å². The number of aryl methyl sites for hydroxylation is 1. The molecule has 3 N–H and O–H groups in total. The fourth-order valence-corrected chi connectivity index (χ4v) is 3.39. The van der Waals surface area contributed by atoms with Gasteiger partial charge in [0.25, 0.3) is 0 Å². The van der Waals surface area contributed by atoms with Crippen LogP contribution < -0.4 is 16.0 Å². The molecule has 0 fully saturated rings. The summed E-state index contributed by atoms with van der Waals surface area (Å²) >= 11 is 5.62. The molecule has 0 aliphatic heterocycles. The molecule has 178 valence electrons. The molecule has 2 aromatic carbocycles. The van der Waals surface area contributed by atoms with Crippen LogP contribution in [0.3, 0.4) is 0 Å². The van der Waals surface area contributed by atoms with Crippen LogP contribution in [0.2, 0.25) is 5.02 Å². The van der Waals surface area contributed by atoms with Crippen LogP contribution in [0, 0.1) is 6.92 Å². The van der Waals surface area contributed by atoms with E-state index in [0.29, 0.717) is 23.0 Å². The summed E-state index contributed by atoms with van der Waals surface area (Å²) in [5.41, 5.74) is 2.33. The van der Waals surface area contributed by atoms with Gasteiger partial charge in [0.1, 0.15) is 0 Å². The van der Waals surface area contributed by atoms with E-state index in [2.05, 4.69) is 30.9 Å². The number of halogens is 4. The second-order valence-corrected chi connectivity index (χ2v) is 7.84. The number of nitrogens with zero attached hydrogens (tertiary/aromatic N) is 3. The third kappa shape index (κ3) is 6.04. The lowest BCUT2D eigenvalue weighted by molar-refractivity contribution is -0.137. The van der Waals surface area contributed by atoms with E-state index in [1.165, 1.54) is 6.07 Å². The number of benzene rings is 2. The molecule has 35 heavy (non-hydrogen) atoms. The van der Waals surface area contributed by atoms with E-state index in [-0.39, 0.29) is 5.69 Å². The maximum atomic E-state index is 13.1. The van der Waals surface area contributed by atoms with Gasteiger partial charge in [0, 0.05) is 41.2 Å². The number of carbonyl (C=O) groups excluding carboxylic acids is 1. The van der Waals surface area contributed by atoms with E-state index >= 15 is 0 Å². The molecule has 11 heteroatoms. The first-order chi connectivity index (χ1) is 16.7. The lowest BCUT2D eigenvalue weighted by Gasteiger charge is -2.14. The highest BCUT2D eigenvalue weighted by molar-refractivity contribution is 6.31. The van der Waals surface area contributed by atoms with E-state index in [4.69, 9.17) is 11.6 Å². The molecule has 2 heterocycles. The monoisotopic (exact) mass is 498 g/mol. The van der Waals surface area contributed by atoms with Gasteiger partial charge < -0.3 is 16.0 Å². The van der Waals surface area contributed by atoms with Crippen LogP contribution in [0.5, 0.6) is 0 Å². The smallest absolute Gasteiger partial charge is 0.324 e. The van der Waals surface area contributed by atoms with Crippen LogP contribution in [0.4, 0.5) is 41.0 Å². The van der Waals surface area contributed by atoms with Crippen molar-refractivity contribution in [3.05, 3.63) is 89.3 Å². The van der Waals surface area contributed by atoms with Gasteiger partial charge in [-0.3, -0.25) is 4.98 Å². The lowest BCUT2D eigenvalue weighted by Crippen LogP contribution is -2.20. The van der Waals surface area contributed by atoms with Crippen molar-refractivity contribution in [2.45, 2.75) is 13.1 Å². The van der Waals surface area contributed by atoms with Crippen molar-refractivity contribution in [2.75, 3.05) is 16.0 Å². The molecular formula is C24H18ClF3N6O. The largest absolute Gasteiger partial charge is 0.417 e. The van der Waals surface area contributed by atoms with Crippen LogP contribution in [0.25, 0.3) is 11.3 Å². The third-order valence-corrected chi connectivity index (χ3v) is 5.21. The number of hydrogen-bond acceptors (Lipinski definition) is 5. The summed E-state index contributed by atoms with van der Waals surface area (Å²) in [6.45, 7) is 1.86. The normalized spacial score (nSPS) is 11.1. The molecule has 0 atom stereocenters. The summed E-state index contributed by atoms with van der Waals surface area (Å²) in [6.07, 6.45) is 0.339. The van der Waals surface area contributed by atoms with Gasteiger partial charge in [-0.1, -0.05) is 17.7 Å². The van der Waals surface area contributed by atoms with Gasteiger partial charge in [0.15, 0.2) is 0 Å². The standard InChI is InChI=1S/C24H18ClF3N6O/c1-14-4-5-17(32-23(35)31-16-6-7-19(25)18(11-16)24(26,27)28)12-21(14)34-22-30-10-8-20(33-22)15-3-2-9-29-13-15/h2-13H,1H3,(H,30,33,34)(H2,31,32,35). The van der Waals surface area contributed by atoms with E-state index < -0.39 is 22.8 Å². The summed E-state index contributed by atoms with van der Waals surface area (Å²) in [5, 5.41) is 7.65. The predicted molar refractivity (Wildman–Crippen MR) is 129 cm³/mol. The summed E-state index contributed by atoms with van der Waals surface area (Å²) in [7, 11) is 0. The fraction of sp³-hybridized carbons (Fsp3) is 0.0833. The van der Waals surface area contributed by atoms with Crippen molar-refractivity contribution in [2.24, 2.45) is 0 Å². The Balaban J connectivity index is 1.48. The van der Waals surface area contributed by atoms with Gasteiger partial charge in [-0.05, 0) is 61.0 Å². The molecule has 0 radical (unpaired) electrons. The molecule has 7 nitrogen and oxygen atoms in total. The van der Waals surface area contributed by atoms with Crippen LogP contribution >= 0.6 is 11.6 Å². The van der Waals surface area contributed by atoms with E-state index in [9.17, 15) is 18.0 Å². The molecule has 0 aliphatic rings. The zero-order valence-electron chi connectivity index (χ0n) is 18.2. The van der Waals surface area contributed by atoms with E-state index in [1.807, 2.05) is 19.1 Å². The van der Waals surface area contributed by atoms with E-state index in [1.54, 1.807) is 42.9 Å². The van der Waals surface area contributed by atoms with Gasteiger partial charge in [-0.15, -0.1) is 0 Å². The first-order valence-electron chi connectivity index (χ1n) is 10.2. The van der Waals surface area contributed by atoms with Crippen molar-refractivity contribution >= 4 is 40.6 Å². The Morgan fingerprint density at radius 1 is 0.971 bits per heavy atom. The Morgan fingerprint density at radius 3 is 2.43 bits per heavy atom. The number of rotatable bonds is 5. The zero-order chi connectivity index (χ0) is 25.0. The van der Waals surface area contributed by atoms with Crippen LogP contribution in [0.15, 0.2) is 73.2 Å². The van der Waals surface area contributed by atoms with Gasteiger partial charge in [0.2, 0.25) is 5.95 Å². The van der Waals surface area contributed by atoms with Gasteiger partial charge in [0.05, 0.1) is 16.3 Å². The minimum absolute atomic E-state index is 0.0506. The molecule has 0 aliphatic carbocycles. The third-order valence-electron chi connectivity index (χ3n) is 4.88. The van der Waals surface area contributed by atoms with Crippen LogP contribution in [-0.4, -0.2) is 21.0 Å². The highest BCUT2D eigenvalue weighted by atomic mass is 35.5. The Kier molecular flexibility index (Phi) is 6.83. The molecule has 2 aromatic heterocycles. The fourth-order valence-electron chi connectivity index (χ4n) is 3.16. The van der Waals surface area contributed by atoms with Gasteiger partial charge >= 0.3 is 12.2 Å². The molecule has 2 amide bonds. The highest BCUT2D eigenvalue weighted by Gasteiger charge is 2.33. The number of amides is 2. The number of alkyl halides is 3.